The Hall–Kier alpha value is -0.800. The van der Waals surface area contributed by atoms with E-state index >= 15 is 0 Å². The molecule has 0 aliphatic carbocycles. The SMILES string of the molecule is OCC1(O)C=CC=CO1. The summed E-state index contributed by atoms with van der Waals surface area (Å²) in [7, 11) is 0. The van der Waals surface area contributed by atoms with Crippen molar-refractivity contribution in [3.05, 3.63) is 24.5 Å². The highest BCUT2D eigenvalue weighted by atomic mass is 16.6. The van der Waals surface area contributed by atoms with Crippen LogP contribution in [0.5, 0.6) is 0 Å². The molecule has 1 aliphatic heterocycles. The van der Waals surface area contributed by atoms with Gasteiger partial charge in [-0.2, -0.15) is 0 Å². The molecule has 3 nitrogen and oxygen atoms in total. The smallest absolute Gasteiger partial charge is 0.250 e. The zero-order chi connectivity index (χ0) is 6.74. The molecule has 9 heavy (non-hydrogen) atoms. The van der Waals surface area contributed by atoms with Gasteiger partial charge in [0.15, 0.2) is 0 Å². The van der Waals surface area contributed by atoms with Crippen LogP contribution in [0.4, 0.5) is 0 Å². The normalized spacial score (nSPS) is 32.2. The monoisotopic (exact) mass is 128 g/mol. The third-order valence-electron chi connectivity index (χ3n) is 1.04. The molecular weight excluding hydrogens is 120 g/mol. The molecule has 50 valence electrons. The standard InChI is InChI=1S/C6H8O3/c7-5-6(8)3-1-2-4-9-6/h1-4,7-8H,5H2. The van der Waals surface area contributed by atoms with Crippen molar-refractivity contribution < 1.29 is 14.9 Å². The maximum Gasteiger partial charge on any atom is 0.250 e. The fourth-order valence-corrected chi connectivity index (χ4v) is 0.538. The summed E-state index contributed by atoms with van der Waals surface area (Å²) < 4.78 is 4.65. The minimum Gasteiger partial charge on any atom is -0.464 e. The van der Waals surface area contributed by atoms with Crippen molar-refractivity contribution in [3.8, 4) is 0 Å². The lowest BCUT2D eigenvalue weighted by atomic mass is 10.2. The molecule has 0 aromatic rings. The van der Waals surface area contributed by atoms with Gasteiger partial charge < -0.3 is 14.9 Å². The lowest BCUT2D eigenvalue weighted by Gasteiger charge is -2.22. The molecule has 0 bridgehead atoms. The molecule has 1 unspecified atom stereocenters. The van der Waals surface area contributed by atoms with E-state index in [9.17, 15) is 0 Å². The van der Waals surface area contributed by atoms with E-state index in [4.69, 9.17) is 10.2 Å². The van der Waals surface area contributed by atoms with E-state index in [0.29, 0.717) is 0 Å². The van der Waals surface area contributed by atoms with Crippen LogP contribution in [0.1, 0.15) is 0 Å². The number of aliphatic hydroxyl groups is 2. The van der Waals surface area contributed by atoms with E-state index in [0.717, 1.165) is 0 Å². The highest BCUT2D eigenvalue weighted by molar-refractivity contribution is 5.10. The van der Waals surface area contributed by atoms with Crippen LogP contribution in [-0.4, -0.2) is 22.6 Å². The number of allylic oxidation sites excluding steroid dienone is 2. The quantitative estimate of drug-likeness (QED) is 0.512. The summed E-state index contributed by atoms with van der Waals surface area (Å²) in [6.45, 7) is -0.423. The van der Waals surface area contributed by atoms with E-state index < -0.39 is 12.4 Å². The van der Waals surface area contributed by atoms with Gasteiger partial charge in [-0.15, -0.1) is 0 Å². The molecule has 0 radical (unpaired) electrons. The maximum atomic E-state index is 9.07. The molecule has 0 fully saturated rings. The van der Waals surface area contributed by atoms with Gasteiger partial charge in [-0.05, 0) is 12.2 Å². The predicted molar refractivity (Wildman–Crippen MR) is 31.4 cm³/mol. The molecule has 1 rings (SSSR count). The summed E-state index contributed by atoms with van der Waals surface area (Å²) in [5.41, 5.74) is 0. The number of ether oxygens (including phenoxy) is 1. The number of rotatable bonds is 1. The Bertz CT molecular complexity index is 150. The van der Waals surface area contributed by atoms with E-state index in [2.05, 4.69) is 4.74 Å². The Kier molecular flexibility index (Phi) is 1.55. The average molecular weight is 128 g/mol. The van der Waals surface area contributed by atoms with Gasteiger partial charge in [-0.3, -0.25) is 0 Å². The van der Waals surface area contributed by atoms with E-state index in [1.54, 1.807) is 12.2 Å². The van der Waals surface area contributed by atoms with Gasteiger partial charge in [-0.1, -0.05) is 6.08 Å². The van der Waals surface area contributed by atoms with Crippen molar-refractivity contribution >= 4 is 0 Å². The third-order valence-corrected chi connectivity index (χ3v) is 1.04. The molecule has 0 amide bonds. The maximum absolute atomic E-state index is 9.07. The van der Waals surface area contributed by atoms with E-state index in [-0.39, 0.29) is 0 Å². The van der Waals surface area contributed by atoms with Gasteiger partial charge in [0, 0.05) is 0 Å². The highest BCUT2D eigenvalue weighted by Gasteiger charge is 2.23. The van der Waals surface area contributed by atoms with Crippen molar-refractivity contribution in [2.75, 3.05) is 6.61 Å². The summed E-state index contributed by atoms with van der Waals surface area (Å²) >= 11 is 0. The van der Waals surface area contributed by atoms with Crippen LogP contribution < -0.4 is 0 Å². The second-order valence-corrected chi connectivity index (χ2v) is 1.81. The second-order valence-electron chi connectivity index (χ2n) is 1.81. The molecule has 2 N–H and O–H groups in total. The Labute approximate surface area is 52.9 Å². The van der Waals surface area contributed by atoms with Gasteiger partial charge in [0.05, 0.1) is 6.26 Å². The van der Waals surface area contributed by atoms with Crippen molar-refractivity contribution in [2.24, 2.45) is 0 Å². The van der Waals surface area contributed by atoms with Crippen LogP contribution in [0.15, 0.2) is 24.5 Å². The van der Waals surface area contributed by atoms with E-state index in [1.165, 1.54) is 12.3 Å². The minimum absolute atomic E-state index is 0.423. The summed E-state index contributed by atoms with van der Waals surface area (Å²) in [5, 5.41) is 17.6. The summed E-state index contributed by atoms with van der Waals surface area (Å²) in [4.78, 5) is 0. The third kappa shape index (κ3) is 1.31. The highest BCUT2D eigenvalue weighted by Crippen LogP contribution is 2.11. The van der Waals surface area contributed by atoms with Gasteiger partial charge >= 0.3 is 0 Å². The number of aliphatic hydroxyl groups excluding tert-OH is 1. The largest absolute Gasteiger partial charge is 0.464 e. The Balaban J connectivity index is 2.63. The van der Waals surface area contributed by atoms with Crippen molar-refractivity contribution in [3.63, 3.8) is 0 Å². The topological polar surface area (TPSA) is 49.7 Å². The molecule has 0 saturated carbocycles. The van der Waals surface area contributed by atoms with Crippen LogP contribution >= 0.6 is 0 Å². The van der Waals surface area contributed by atoms with Crippen LogP contribution in [0.2, 0.25) is 0 Å². The van der Waals surface area contributed by atoms with Crippen molar-refractivity contribution in [2.45, 2.75) is 5.79 Å². The lowest BCUT2D eigenvalue weighted by Crippen LogP contribution is -2.33. The Morgan fingerprint density at radius 2 is 2.22 bits per heavy atom. The molecule has 3 heteroatoms. The van der Waals surface area contributed by atoms with Crippen LogP contribution in [0.25, 0.3) is 0 Å². The first-order chi connectivity index (χ1) is 4.27. The summed E-state index contributed by atoms with van der Waals surface area (Å²) in [6, 6.07) is 0. The zero-order valence-electron chi connectivity index (χ0n) is 4.82. The van der Waals surface area contributed by atoms with Crippen molar-refractivity contribution in [1.82, 2.24) is 0 Å². The Morgan fingerprint density at radius 1 is 1.44 bits per heavy atom. The fourth-order valence-electron chi connectivity index (χ4n) is 0.538. The first kappa shape index (κ1) is 6.32. The molecule has 0 aromatic heterocycles. The molecule has 1 aliphatic rings. The van der Waals surface area contributed by atoms with Crippen LogP contribution in [-0.2, 0) is 4.74 Å². The fraction of sp³-hybridized carbons (Fsp3) is 0.333. The Morgan fingerprint density at radius 3 is 2.56 bits per heavy atom. The first-order valence-electron chi connectivity index (χ1n) is 2.62. The van der Waals surface area contributed by atoms with Crippen molar-refractivity contribution in [1.29, 1.82) is 0 Å². The van der Waals surface area contributed by atoms with Gasteiger partial charge in [-0.25, -0.2) is 0 Å². The molecule has 0 aromatic carbocycles. The minimum atomic E-state index is -1.49. The molecule has 1 heterocycles. The number of hydrogen-bond acceptors (Lipinski definition) is 3. The molecule has 0 saturated heterocycles. The van der Waals surface area contributed by atoms with Crippen LogP contribution in [0.3, 0.4) is 0 Å². The van der Waals surface area contributed by atoms with Gasteiger partial charge in [0.25, 0.3) is 5.79 Å². The number of hydrogen-bond donors (Lipinski definition) is 2. The average Bonchev–Trinajstić information content (AvgIpc) is 1.90. The predicted octanol–water partition coefficient (Wildman–Crippen LogP) is -0.233. The first-order valence-corrected chi connectivity index (χ1v) is 2.62. The second kappa shape index (κ2) is 2.21. The summed E-state index contributed by atoms with van der Waals surface area (Å²) in [6.07, 6.45) is 5.95. The van der Waals surface area contributed by atoms with Gasteiger partial charge in [0.2, 0.25) is 0 Å². The molecule has 0 spiro atoms. The summed E-state index contributed by atoms with van der Waals surface area (Å²) in [5.74, 6) is -1.49. The lowest BCUT2D eigenvalue weighted by molar-refractivity contribution is -0.155. The van der Waals surface area contributed by atoms with Gasteiger partial charge in [0.1, 0.15) is 6.61 Å². The molecular formula is C6H8O3. The van der Waals surface area contributed by atoms with Crippen LogP contribution in [0, 0.1) is 0 Å². The zero-order valence-corrected chi connectivity index (χ0v) is 4.82. The van der Waals surface area contributed by atoms with E-state index in [1.807, 2.05) is 0 Å². The molecule has 1 atom stereocenters.